The van der Waals surface area contributed by atoms with Crippen molar-refractivity contribution in [2.24, 2.45) is 5.73 Å². The number of halogens is 2. The van der Waals surface area contributed by atoms with Crippen molar-refractivity contribution in [1.82, 2.24) is 0 Å². The molecule has 2 aromatic carbocycles. The van der Waals surface area contributed by atoms with E-state index < -0.39 is 0 Å². The Morgan fingerprint density at radius 1 is 1.19 bits per heavy atom. The number of rotatable bonds is 4. The average Bonchev–Trinajstić information content (AvgIpc) is 2.38. The van der Waals surface area contributed by atoms with Crippen molar-refractivity contribution in [3.63, 3.8) is 0 Å². The molecule has 0 aliphatic rings. The van der Waals surface area contributed by atoms with Crippen LogP contribution >= 0.6 is 15.9 Å². The van der Waals surface area contributed by atoms with Gasteiger partial charge in [-0.1, -0.05) is 22.0 Å². The van der Waals surface area contributed by atoms with Crippen molar-refractivity contribution in [1.29, 1.82) is 0 Å². The molecule has 0 bridgehead atoms. The molecule has 0 heterocycles. The third-order valence-electron chi connectivity index (χ3n) is 3.19. The first kappa shape index (κ1) is 16.0. The van der Waals surface area contributed by atoms with Crippen LogP contribution in [0.25, 0.3) is 0 Å². The van der Waals surface area contributed by atoms with E-state index in [1.807, 2.05) is 39.0 Å². The van der Waals surface area contributed by atoms with Gasteiger partial charge in [-0.05, 0) is 68.1 Å². The van der Waals surface area contributed by atoms with E-state index in [9.17, 15) is 4.39 Å². The van der Waals surface area contributed by atoms with Gasteiger partial charge in [-0.3, -0.25) is 0 Å². The molecule has 0 spiro atoms. The Morgan fingerprint density at radius 2 is 1.81 bits per heavy atom. The summed E-state index contributed by atoms with van der Waals surface area (Å²) in [6.45, 7) is 5.85. The van der Waals surface area contributed by atoms with E-state index in [0.29, 0.717) is 12.2 Å². The fourth-order valence-electron chi connectivity index (χ4n) is 2.22. The Balaban J connectivity index is 2.24. The Hall–Kier alpha value is -1.39. The van der Waals surface area contributed by atoms with Gasteiger partial charge in [0.05, 0.1) is 0 Å². The third kappa shape index (κ3) is 4.05. The summed E-state index contributed by atoms with van der Waals surface area (Å²) in [5.41, 5.74) is 8.71. The highest BCUT2D eigenvalue weighted by Gasteiger charge is 2.09. The molecule has 0 saturated carbocycles. The Bertz CT molecular complexity index is 632. The van der Waals surface area contributed by atoms with Crippen LogP contribution in [0, 0.1) is 19.7 Å². The molecule has 2 nitrogen and oxygen atoms in total. The first-order chi connectivity index (χ1) is 9.86. The van der Waals surface area contributed by atoms with Crippen LogP contribution in [0.2, 0.25) is 0 Å². The van der Waals surface area contributed by atoms with E-state index in [2.05, 4.69) is 15.9 Å². The molecule has 0 fully saturated rings. The van der Waals surface area contributed by atoms with Crippen LogP contribution in [0.5, 0.6) is 11.5 Å². The van der Waals surface area contributed by atoms with Crippen molar-refractivity contribution in [2.45, 2.75) is 33.2 Å². The summed E-state index contributed by atoms with van der Waals surface area (Å²) >= 11 is 3.50. The SMILES string of the molecule is Cc1cc(Oc2ccc(CC(C)N)cc2F)cc(C)c1Br. The van der Waals surface area contributed by atoms with Crippen LogP contribution in [0.1, 0.15) is 23.6 Å². The van der Waals surface area contributed by atoms with Gasteiger partial charge < -0.3 is 10.5 Å². The van der Waals surface area contributed by atoms with Crippen LogP contribution in [0.15, 0.2) is 34.8 Å². The molecular weight excluding hydrogens is 333 g/mol. The monoisotopic (exact) mass is 351 g/mol. The van der Waals surface area contributed by atoms with Crippen LogP contribution in [-0.4, -0.2) is 6.04 Å². The highest BCUT2D eigenvalue weighted by molar-refractivity contribution is 9.10. The molecule has 4 heteroatoms. The number of aryl methyl sites for hydroxylation is 2. The summed E-state index contributed by atoms with van der Waals surface area (Å²) in [6.07, 6.45) is 0.647. The van der Waals surface area contributed by atoms with Gasteiger partial charge in [0.25, 0.3) is 0 Å². The summed E-state index contributed by atoms with van der Waals surface area (Å²) in [4.78, 5) is 0. The zero-order chi connectivity index (χ0) is 15.6. The first-order valence-electron chi connectivity index (χ1n) is 6.85. The quantitative estimate of drug-likeness (QED) is 0.851. The van der Waals surface area contributed by atoms with Gasteiger partial charge in [0.15, 0.2) is 11.6 Å². The summed E-state index contributed by atoms with van der Waals surface area (Å²) in [5, 5.41) is 0. The summed E-state index contributed by atoms with van der Waals surface area (Å²) < 4.78 is 20.8. The van der Waals surface area contributed by atoms with Crippen molar-refractivity contribution in [3.05, 3.63) is 57.3 Å². The lowest BCUT2D eigenvalue weighted by Gasteiger charge is -2.12. The molecule has 1 atom stereocenters. The Kier molecular flexibility index (Phi) is 5.01. The molecule has 0 aliphatic heterocycles. The molecule has 1 unspecified atom stereocenters. The summed E-state index contributed by atoms with van der Waals surface area (Å²) in [7, 11) is 0. The number of hydrogen-bond acceptors (Lipinski definition) is 2. The van der Waals surface area contributed by atoms with Crippen molar-refractivity contribution < 1.29 is 9.13 Å². The smallest absolute Gasteiger partial charge is 0.165 e. The minimum atomic E-state index is -0.369. The predicted octanol–water partition coefficient (Wildman–Crippen LogP) is 4.89. The lowest BCUT2D eigenvalue weighted by atomic mass is 10.1. The molecule has 0 aromatic heterocycles. The molecule has 2 N–H and O–H groups in total. The van der Waals surface area contributed by atoms with Crippen molar-refractivity contribution in [3.8, 4) is 11.5 Å². The molecular formula is C17H19BrFNO. The summed E-state index contributed by atoms with van der Waals surface area (Å²) in [5.74, 6) is 0.489. The number of ether oxygens (including phenoxy) is 1. The first-order valence-corrected chi connectivity index (χ1v) is 7.64. The molecule has 2 aromatic rings. The lowest BCUT2D eigenvalue weighted by molar-refractivity contribution is 0.441. The average molecular weight is 352 g/mol. The second-order valence-corrected chi connectivity index (χ2v) is 6.21. The predicted molar refractivity (Wildman–Crippen MR) is 87.4 cm³/mol. The van der Waals surface area contributed by atoms with Gasteiger partial charge in [0, 0.05) is 10.5 Å². The van der Waals surface area contributed by atoms with Crippen molar-refractivity contribution >= 4 is 15.9 Å². The normalized spacial score (nSPS) is 12.3. The van der Waals surface area contributed by atoms with Crippen LogP contribution in [0.4, 0.5) is 4.39 Å². The molecule has 0 aliphatic carbocycles. The van der Waals surface area contributed by atoms with Crippen LogP contribution in [-0.2, 0) is 6.42 Å². The van der Waals surface area contributed by atoms with Gasteiger partial charge in [-0.15, -0.1) is 0 Å². The van der Waals surface area contributed by atoms with E-state index in [4.69, 9.17) is 10.5 Å². The highest BCUT2D eigenvalue weighted by Crippen LogP contribution is 2.31. The lowest BCUT2D eigenvalue weighted by Crippen LogP contribution is -2.17. The fraction of sp³-hybridized carbons (Fsp3) is 0.294. The second-order valence-electron chi connectivity index (χ2n) is 5.42. The second kappa shape index (κ2) is 6.58. The van der Waals surface area contributed by atoms with Gasteiger partial charge in [-0.2, -0.15) is 0 Å². The zero-order valence-corrected chi connectivity index (χ0v) is 14.0. The van der Waals surface area contributed by atoms with E-state index >= 15 is 0 Å². The van der Waals surface area contributed by atoms with E-state index in [1.165, 1.54) is 6.07 Å². The van der Waals surface area contributed by atoms with Crippen molar-refractivity contribution in [2.75, 3.05) is 0 Å². The maximum atomic E-state index is 14.1. The maximum absolute atomic E-state index is 14.1. The molecule has 0 amide bonds. The molecule has 0 saturated heterocycles. The minimum absolute atomic E-state index is 0.00735. The number of nitrogens with two attached hydrogens (primary N) is 1. The number of hydrogen-bond donors (Lipinski definition) is 1. The van der Waals surface area contributed by atoms with Gasteiger partial charge in [0.2, 0.25) is 0 Å². The summed E-state index contributed by atoms with van der Waals surface area (Å²) in [6, 6.07) is 8.75. The molecule has 2 rings (SSSR count). The molecule has 112 valence electrons. The van der Waals surface area contributed by atoms with E-state index in [0.717, 1.165) is 21.2 Å². The highest BCUT2D eigenvalue weighted by atomic mass is 79.9. The number of benzene rings is 2. The van der Waals surface area contributed by atoms with Gasteiger partial charge in [0.1, 0.15) is 5.75 Å². The van der Waals surface area contributed by atoms with E-state index in [1.54, 1.807) is 6.07 Å². The van der Waals surface area contributed by atoms with Gasteiger partial charge >= 0.3 is 0 Å². The fourth-order valence-corrected chi connectivity index (χ4v) is 2.45. The Morgan fingerprint density at radius 3 is 2.33 bits per heavy atom. The standard InChI is InChI=1S/C17H19BrFNO/c1-10-6-14(7-11(2)17(10)18)21-16-5-4-13(8-12(3)20)9-15(16)19/h4-7,9,12H,8,20H2,1-3H3. The minimum Gasteiger partial charge on any atom is -0.454 e. The van der Waals surface area contributed by atoms with E-state index in [-0.39, 0.29) is 17.6 Å². The topological polar surface area (TPSA) is 35.2 Å². The third-order valence-corrected chi connectivity index (χ3v) is 4.44. The van der Waals surface area contributed by atoms with Gasteiger partial charge in [-0.25, -0.2) is 4.39 Å². The Labute approximate surface area is 133 Å². The zero-order valence-electron chi connectivity index (χ0n) is 12.4. The van der Waals surface area contributed by atoms with Crippen LogP contribution in [0.3, 0.4) is 0 Å². The maximum Gasteiger partial charge on any atom is 0.165 e. The van der Waals surface area contributed by atoms with Crippen LogP contribution < -0.4 is 10.5 Å². The largest absolute Gasteiger partial charge is 0.454 e. The molecule has 0 radical (unpaired) electrons. The molecule has 21 heavy (non-hydrogen) atoms.